The molecular weight excluding hydrogens is 528 g/mol. The highest BCUT2D eigenvalue weighted by Crippen LogP contribution is 2.66. The van der Waals surface area contributed by atoms with Crippen molar-refractivity contribution in [3.63, 3.8) is 0 Å². The van der Waals surface area contributed by atoms with Crippen LogP contribution in [0.1, 0.15) is 127 Å². The lowest BCUT2D eigenvalue weighted by Gasteiger charge is -2.39. The van der Waals surface area contributed by atoms with Crippen molar-refractivity contribution >= 4 is 0 Å². The highest BCUT2D eigenvalue weighted by Gasteiger charge is 2.74. The van der Waals surface area contributed by atoms with Crippen LogP contribution in [0.4, 0.5) is 0 Å². The zero-order valence-corrected chi connectivity index (χ0v) is 29.2. The molecule has 9 atom stereocenters. The van der Waals surface area contributed by atoms with E-state index in [4.69, 9.17) is 4.74 Å². The van der Waals surface area contributed by atoms with Crippen molar-refractivity contribution in [3.8, 4) is 11.8 Å². The second kappa shape index (κ2) is 14.7. The van der Waals surface area contributed by atoms with E-state index in [0.717, 1.165) is 32.1 Å². The molecule has 1 saturated carbocycles. The van der Waals surface area contributed by atoms with Gasteiger partial charge in [-0.1, -0.05) is 115 Å². The number of rotatable bonds is 13. The first kappa shape index (κ1) is 35.9. The van der Waals surface area contributed by atoms with E-state index in [9.17, 15) is 10.2 Å². The van der Waals surface area contributed by atoms with Gasteiger partial charge in [-0.05, 0) is 88.9 Å². The Bertz CT molecular complexity index is 1100. The van der Waals surface area contributed by atoms with Crippen molar-refractivity contribution in [1.82, 2.24) is 0 Å². The van der Waals surface area contributed by atoms with Crippen molar-refractivity contribution in [2.75, 3.05) is 0 Å². The molecule has 2 aliphatic carbocycles. The maximum atomic E-state index is 10.3. The number of epoxide rings is 1. The van der Waals surface area contributed by atoms with E-state index < -0.39 is 0 Å². The molecule has 0 aromatic rings. The topological polar surface area (TPSA) is 53.0 Å². The van der Waals surface area contributed by atoms with E-state index in [0.29, 0.717) is 17.8 Å². The molecule has 0 aromatic carbocycles. The van der Waals surface area contributed by atoms with Gasteiger partial charge in [-0.25, -0.2) is 0 Å². The Morgan fingerprint density at radius 1 is 0.907 bits per heavy atom. The van der Waals surface area contributed by atoms with Gasteiger partial charge in [-0.2, -0.15) is 0 Å². The zero-order valence-electron chi connectivity index (χ0n) is 29.2. The van der Waals surface area contributed by atoms with E-state index in [1.807, 2.05) is 6.08 Å². The first-order valence-corrected chi connectivity index (χ1v) is 17.3. The molecule has 0 spiro atoms. The highest BCUT2D eigenvalue weighted by atomic mass is 16.6. The van der Waals surface area contributed by atoms with Gasteiger partial charge in [-0.15, -0.1) is 0 Å². The standard InChI is InChI=1S/C40H64O3/c1-29(17-13-19-31(3)21-22-36-33(5)25-34(41)26-37(36,6)7)15-11-12-16-30(2)18-14-20-32(4)23-24-40-38(8,9)27-35(42)28-39(40,10)43-40/h12-13,16,19,23-25,29-32,34-36,41-42H,11,14-15,17-18,20,26-28H2,1-10H3/b16-12+,19-13+,24-23+/t29?,30?,31?,32?,34-,35+,36?,39-,40+/m1/s1. The minimum Gasteiger partial charge on any atom is -0.393 e. The fraction of sp³-hybridized carbons (Fsp3) is 0.750. The first-order valence-electron chi connectivity index (χ1n) is 17.3. The summed E-state index contributed by atoms with van der Waals surface area (Å²) in [5.41, 5.74) is 0.758. The first-order chi connectivity index (χ1) is 20.0. The van der Waals surface area contributed by atoms with Gasteiger partial charge in [-0.3, -0.25) is 0 Å². The summed E-state index contributed by atoms with van der Waals surface area (Å²) in [4.78, 5) is 0. The second-order valence-electron chi connectivity index (χ2n) is 16.2. The summed E-state index contributed by atoms with van der Waals surface area (Å²) >= 11 is 0. The fourth-order valence-electron chi connectivity index (χ4n) is 7.98. The van der Waals surface area contributed by atoms with Crippen LogP contribution in [0.2, 0.25) is 0 Å². The van der Waals surface area contributed by atoms with Crippen molar-refractivity contribution in [1.29, 1.82) is 0 Å². The van der Waals surface area contributed by atoms with E-state index >= 15 is 0 Å². The summed E-state index contributed by atoms with van der Waals surface area (Å²) < 4.78 is 6.31. The van der Waals surface area contributed by atoms with Gasteiger partial charge in [0.1, 0.15) is 11.2 Å². The number of hydrogen-bond donors (Lipinski definition) is 2. The molecule has 0 bridgehead atoms. The number of ether oxygens (including phenoxy) is 1. The number of aliphatic hydroxyl groups excluding tert-OH is 2. The Morgan fingerprint density at radius 3 is 2.23 bits per heavy atom. The molecule has 1 saturated heterocycles. The zero-order chi connectivity index (χ0) is 32.1. The number of fused-ring (bicyclic) bond motifs is 1. The third kappa shape index (κ3) is 9.45. The molecular formula is C40H64O3. The third-order valence-electron chi connectivity index (χ3n) is 10.6. The van der Waals surface area contributed by atoms with Crippen LogP contribution < -0.4 is 0 Å². The minimum atomic E-state index is -0.339. The molecule has 242 valence electrons. The van der Waals surface area contributed by atoms with Crippen LogP contribution in [-0.4, -0.2) is 33.6 Å². The lowest BCUT2D eigenvalue weighted by atomic mass is 9.63. The van der Waals surface area contributed by atoms with Crippen LogP contribution in [-0.2, 0) is 4.74 Å². The highest BCUT2D eigenvalue weighted by molar-refractivity contribution is 5.32. The average molecular weight is 593 g/mol. The molecule has 5 unspecified atom stereocenters. The molecule has 1 aliphatic heterocycles. The quantitative estimate of drug-likeness (QED) is 0.127. The number of aliphatic hydroxyl groups is 2. The van der Waals surface area contributed by atoms with Gasteiger partial charge in [0.05, 0.1) is 12.2 Å². The maximum Gasteiger partial charge on any atom is 0.121 e. The van der Waals surface area contributed by atoms with Gasteiger partial charge < -0.3 is 14.9 Å². The molecule has 2 fully saturated rings. The normalized spacial score (nSPS) is 34.3. The van der Waals surface area contributed by atoms with E-state index in [1.165, 1.54) is 31.3 Å². The molecule has 3 aliphatic rings. The van der Waals surface area contributed by atoms with Crippen LogP contribution in [0.15, 0.2) is 48.1 Å². The Hall–Kier alpha value is -1.60. The van der Waals surface area contributed by atoms with Crippen LogP contribution >= 0.6 is 0 Å². The Balaban J connectivity index is 1.30. The van der Waals surface area contributed by atoms with Crippen molar-refractivity contribution in [2.24, 2.45) is 40.4 Å². The molecule has 3 nitrogen and oxygen atoms in total. The van der Waals surface area contributed by atoms with Gasteiger partial charge in [0.2, 0.25) is 0 Å². The molecule has 0 radical (unpaired) electrons. The SMILES string of the molecule is CC1=C[C@@H](O)CC(C)(C)C1C#CC(C)/C=C/CC(C)CC/C=C/C(C)CCCC(C)/C=C/[C@@]12O[C@]1(C)C[C@@H](O)CC2(C)C. The van der Waals surface area contributed by atoms with Crippen LogP contribution in [0, 0.1) is 52.3 Å². The van der Waals surface area contributed by atoms with E-state index in [1.54, 1.807) is 0 Å². The predicted octanol–water partition coefficient (Wildman–Crippen LogP) is 9.61. The monoisotopic (exact) mass is 592 g/mol. The summed E-state index contributed by atoms with van der Waals surface area (Å²) in [6, 6.07) is 0. The second-order valence-corrected chi connectivity index (χ2v) is 16.2. The van der Waals surface area contributed by atoms with Gasteiger partial charge in [0.15, 0.2) is 0 Å². The Kier molecular flexibility index (Phi) is 12.2. The van der Waals surface area contributed by atoms with Crippen molar-refractivity contribution < 1.29 is 14.9 Å². The summed E-state index contributed by atoms with van der Waals surface area (Å²) in [5.74, 6) is 9.27. The number of allylic oxidation sites excluding steroid dienone is 6. The smallest absolute Gasteiger partial charge is 0.121 e. The van der Waals surface area contributed by atoms with Crippen LogP contribution in [0.5, 0.6) is 0 Å². The summed E-state index contributed by atoms with van der Waals surface area (Å²) in [6.07, 6.45) is 24.9. The molecule has 1 heterocycles. The van der Waals surface area contributed by atoms with Gasteiger partial charge in [0, 0.05) is 23.7 Å². The molecule has 3 rings (SSSR count). The van der Waals surface area contributed by atoms with Gasteiger partial charge >= 0.3 is 0 Å². The Morgan fingerprint density at radius 2 is 1.58 bits per heavy atom. The van der Waals surface area contributed by atoms with Crippen molar-refractivity contribution in [2.45, 2.75) is 150 Å². The van der Waals surface area contributed by atoms with E-state index in [-0.39, 0.29) is 46.1 Å². The summed E-state index contributed by atoms with van der Waals surface area (Å²) in [6.45, 7) is 22.4. The van der Waals surface area contributed by atoms with Crippen LogP contribution in [0.3, 0.4) is 0 Å². The van der Waals surface area contributed by atoms with Gasteiger partial charge in [0.25, 0.3) is 0 Å². The molecule has 43 heavy (non-hydrogen) atoms. The largest absolute Gasteiger partial charge is 0.393 e. The predicted molar refractivity (Wildman–Crippen MR) is 182 cm³/mol. The Labute approximate surface area is 265 Å². The lowest BCUT2D eigenvalue weighted by Crippen LogP contribution is -2.46. The molecule has 3 heteroatoms. The number of hydrogen-bond acceptors (Lipinski definition) is 3. The lowest BCUT2D eigenvalue weighted by molar-refractivity contribution is 0.0513. The minimum absolute atomic E-state index is 0.0109. The average Bonchev–Trinajstić information content (AvgIpc) is 3.49. The molecule has 0 aromatic heterocycles. The maximum absolute atomic E-state index is 10.3. The molecule has 0 amide bonds. The van der Waals surface area contributed by atoms with Crippen LogP contribution in [0.25, 0.3) is 0 Å². The summed E-state index contributed by atoms with van der Waals surface area (Å²) in [7, 11) is 0. The molecule has 2 N–H and O–H groups in total. The summed E-state index contributed by atoms with van der Waals surface area (Å²) in [5, 5.41) is 20.3. The van der Waals surface area contributed by atoms with Crippen molar-refractivity contribution in [3.05, 3.63) is 48.1 Å². The third-order valence-corrected chi connectivity index (χ3v) is 10.6. The van der Waals surface area contributed by atoms with E-state index in [2.05, 4.69) is 118 Å². The fourth-order valence-corrected chi connectivity index (χ4v) is 7.98.